The molecule has 0 aromatic heterocycles. The van der Waals surface area contributed by atoms with Crippen LogP contribution in [-0.2, 0) is 0 Å². The molecular weight excluding hydrogens is 251 g/mol. The molecule has 0 fully saturated rings. The first kappa shape index (κ1) is 7.22. The Balaban J connectivity index is 3.17. The average Bonchev–Trinajstić information content (AvgIpc) is 1.80. The van der Waals surface area contributed by atoms with Gasteiger partial charge in [0.25, 0.3) is 0 Å². The normalized spacial score (nSPS) is 9.67. The Kier molecular flexibility index (Phi) is 2.24. The van der Waals surface area contributed by atoms with Crippen LogP contribution < -0.4 is 0 Å². The third kappa shape index (κ3) is 1.76. The molecule has 1 aromatic rings. The maximum absolute atomic E-state index is 12.4. The molecule has 9 heavy (non-hydrogen) atoms. The van der Waals surface area contributed by atoms with E-state index in [4.69, 9.17) is 0 Å². The van der Waals surface area contributed by atoms with Gasteiger partial charge in [-0.1, -0.05) is 15.9 Å². The average molecular weight is 254 g/mol. The lowest BCUT2D eigenvalue weighted by atomic mass is 10.4. The van der Waals surface area contributed by atoms with E-state index in [1.54, 1.807) is 12.1 Å². The summed E-state index contributed by atoms with van der Waals surface area (Å²) in [4.78, 5) is 0. The molecule has 0 amide bonds. The van der Waals surface area contributed by atoms with Crippen LogP contribution in [0, 0.1) is 5.82 Å². The van der Waals surface area contributed by atoms with Gasteiger partial charge in [-0.05, 0) is 34.1 Å². The van der Waals surface area contributed by atoms with E-state index in [1.807, 2.05) is 0 Å². The summed E-state index contributed by atoms with van der Waals surface area (Å²) in [6, 6.07) is 4.71. The van der Waals surface area contributed by atoms with Crippen LogP contribution in [0.3, 0.4) is 0 Å². The fourth-order valence-electron chi connectivity index (χ4n) is 0.470. The number of rotatable bonds is 0. The van der Waals surface area contributed by atoms with Crippen molar-refractivity contribution in [3.8, 4) is 0 Å². The van der Waals surface area contributed by atoms with Gasteiger partial charge in [0.15, 0.2) is 0 Å². The zero-order chi connectivity index (χ0) is 6.85. The highest BCUT2D eigenvalue weighted by Crippen LogP contribution is 2.19. The first-order valence-corrected chi connectivity index (χ1v) is 3.89. The SMILES string of the molecule is Fc1ccc(Br)cc1Br. The molecule has 0 aliphatic rings. The summed E-state index contributed by atoms with van der Waals surface area (Å²) in [5, 5.41) is 0. The first-order valence-electron chi connectivity index (χ1n) is 2.30. The minimum atomic E-state index is -0.238. The van der Waals surface area contributed by atoms with Crippen LogP contribution in [0.5, 0.6) is 0 Å². The monoisotopic (exact) mass is 252 g/mol. The van der Waals surface area contributed by atoms with Gasteiger partial charge in [-0.25, -0.2) is 4.39 Å². The molecule has 0 unspecified atom stereocenters. The van der Waals surface area contributed by atoms with Gasteiger partial charge >= 0.3 is 0 Å². The predicted octanol–water partition coefficient (Wildman–Crippen LogP) is 3.35. The highest BCUT2D eigenvalue weighted by molar-refractivity contribution is 9.11. The lowest BCUT2D eigenvalue weighted by Gasteiger charge is -1.92. The topological polar surface area (TPSA) is 0 Å². The Morgan fingerprint density at radius 1 is 1.22 bits per heavy atom. The number of hydrogen-bond donors (Lipinski definition) is 0. The van der Waals surface area contributed by atoms with Gasteiger partial charge < -0.3 is 0 Å². The number of hydrogen-bond acceptors (Lipinski definition) is 0. The summed E-state index contributed by atoms with van der Waals surface area (Å²) in [7, 11) is 0. The molecule has 0 heterocycles. The van der Waals surface area contributed by atoms with Crippen molar-refractivity contribution in [3.63, 3.8) is 0 Å². The maximum atomic E-state index is 12.4. The molecule has 0 saturated heterocycles. The van der Waals surface area contributed by atoms with Gasteiger partial charge in [0.2, 0.25) is 0 Å². The summed E-state index contributed by atoms with van der Waals surface area (Å²) in [6.45, 7) is 0. The Labute approximate surface area is 69.3 Å². The third-order valence-electron chi connectivity index (χ3n) is 0.882. The van der Waals surface area contributed by atoms with Crippen LogP contribution in [0.2, 0.25) is 0 Å². The fraction of sp³-hybridized carbons (Fsp3) is 0. The van der Waals surface area contributed by atoms with E-state index in [9.17, 15) is 4.39 Å². The van der Waals surface area contributed by atoms with Crippen LogP contribution in [0.1, 0.15) is 0 Å². The minimum absolute atomic E-state index is 0.238. The first-order chi connectivity index (χ1) is 4.20. The highest BCUT2D eigenvalue weighted by atomic mass is 79.9. The van der Waals surface area contributed by atoms with Crippen molar-refractivity contribution in [1.29, 1.82) is 0 Å². The molecule has 0 N–H and O–H groups in total. The zero-order valence-corrected chi connectivity index (χ0v) is 7.54. The maximum Gasteiger partial charge on any atom is 0.137 e. The van der Waals surface area contributed by atoms with E-state index < -0.39 is 0 Å². The van der Waals surface area contributed by atoms with Gasteiger partial charge in [-0.15, -0.1) is 0 Å². The van der Waals surface area contributed by atoms with E-state index in [1.165, 1.54) is 6.07 Å². The third-order valence-corrected chi connectivity index (χ3v) is 1.98. The molecule has 0 spiro atoms. The molecule has 3 heteroatoms. The highest BCUT2D eigenvalue weighted by Gasteiger charge is 1.95. The molecule has 1 rings (SSSR count). The molecule has 0 bridgehead atoms. The van der Waals surface area contributed by atoms with Crippen LogP contribution in [0.4, 0.5) is 4.39 Å². The van der Waals surface area contributed by atoms with Crippen LogP contribution in [0.25, 0.3) is 0 Å². The lowest BCUT2D eigenvalue weighted by molar-refractivity contribution is 0.621. The molecule has 0 aliphatic carbocycles. The molecule has 0 radical (unpaired) electrons. The number of benzene rings is 1. The van der Waals surface area contributed by atoms with E-state index in [2.05, 4.69) is 31.9 Å². The van der Waals surface area contributed by atoms with Crippen molar-refractivity contribution in [1.82, 2.24) is 0 Å². The standard InChI is InChI=1S/C6H3Br2F/c7-4-1-2-6(9)5(8)3-4/h1-3H. The largest absolute Gasteiger partial charge is 0.206 e. The summed E-state index contributed by atoms with van der Waals surface area (Å²) in [6.07, 6.45) is 0. The second-order valence-corrected chi connectivity index (χ2v) is 3.33. The van der Waals surface area contributed by atoms with Crippen molar-refractivity contribution in [2.45, 2.75) is 0 Å². The van der Waals surface area contributed by atoms with Crippen molar-refractivity contribution in [2.75, 3.05) is 0 Å². The summed E-state index contributed by atoms with van der Waals surface area (Å²) in [5.41, 5.74) is 0. The summed E-state index contributed by atoms with van der Waals surface area (Å²) < 4.78 is 13.8. The van der Waals surface area contributed by atoms with Crippen molar-refractivity contribution in [3.05, 3.63) is 33.0 Å². The molecule has 0 atom stereocenters. The van der Waals surface area contributed by atoms with E-state index >= 15 is 0 Å². The van der Waals surface area contributed by atoms with Crippen LogP contribution in [-0.4, -0.2) is 0 Å². The van der Waals surface area contributed by atoms with E-state index in [0.717, 1.165) is 4.47 Å². The molecule has 1 aromatic carbocycles. The van der Waals surface area contributed by atoms with Gasteiger partial charge in [0, 0.05) is 4.47 Å². The minimum Gasteiger partial charge on any atom is -0.206 e. The van der Waals surface area contributed by atoms with Gasteiger partial charge in [-0.3, -0.25) is 0 Å². The Hall–Kier alpha value is 0.110. The quantitative estimate of drug-likeness (QED) is 0.622. The molecule has 0 saturated carbocycles. The lowest BCUT2D eigenvalue weighted by Crippen LogP contribution is -1.73. The smallest absolute Gasteiger partial charge is 0.137 e. The van der Waals surface area contributed by atoms with Gasteiger partial charge in [-0.2, -0.15) is 0 Å². The van der Waals surface area contributed by atoms with Crippen LogP contribution in [0.15, 0.2) is 27.1 Å². The van der Waals surface area contributed by atoms with Gasteiger partial charge in [0.1, 0.15) is 5.82 Å². The Morgan fingerprint density at radius 2 is 1.89 bits per heavy atom. The van der Waals surface area contributed by atoms with Crippen LogP contribution >= 0.6 is 31.9 Å². The fourth-order valence-corrected chi connectivity index (χ4v) is 1.52. The van der Waals surface area contributed by atoms with Crippen molar-refractivity contribution >= 4 is 31.9 Å². The van der Waals surface area contributed by atoms with Crippen molar-refractivity contribution < 1.29 is 4.39 Å². The second-order valence-electron chi connectivity index (χ2n) is 1.56. The van der Waals surface area contributed by atoms with E-state index in [-0.39, 0.29) is 5.82 Å². The van der Waals surface area contributed by atoms with E-state index in [0.29, 0.717) is 4.47 Å². The molecular formula is C6H3Br2F. The Bertz CT molecular complexity index is 222. The van der Waals surface area contributed by atoms with Gasteiger partial charge in [0.05, 0.1) is 4.47 Å². The summed E-state index contributed by atoms with van der Waals surface area (Å²) in [5.74, 6) is -0.238. The molecule has 48 valence electrons. The molecule has 0 aliphatic heterocycles. The predicted molar refractivity (Wildman–Crippen MR) is 41.8 cm³/mol. The summed E-state index contributed by atoms with van der Waals surface area (Å²) >= 11 is 6.24. The molecule has 0 nitrogen and oxygen atoms in total. The number of halogens is 3. The van der Waals surface area contributed by atoms with Crippen molar-refractivity contribution in [2.24, 2.45) is 0 Å². The Morgan fingerprint density at radius 3 is 2.33 bits per heavy atom. The zero-order valence-electron chi connectivity index (χ0n) is 4.37. The second kappa shape index (κ2) is 2.80.